The van der Waals surface area contributed by atoms with Crippen LogP contribution in [0, 0.1) is 5.92 Å². The van der Waals surface area contributed by atoms with E-state index >= 15 is 0 Å². The minimum absolute atomic E-state index is 0.408. The number of aromatic amines is 1. The number of hydrogen-bond donors (Lipinski definition) is 2. The van der Waals surface area contributed by atoms with E-state index in [9.17, 15) is 0 Å². The number of fused-ring (bicyclic) bond motifs is 1. The molecule has 0 saturated heterocycles. The third-order valence-corrected chi connectivity index (χ3v) is 7.52. The number of rotatable bonds is 10. The van der Waals surface area contributed by atoms with Crippen LogP contribution in [0.15, 0.2) is 36.4 Å². The lowest BCUT2D eigenvalue weighted by atomic mass is 9.82. The maximum Gasteiger partial charge on any atom is 0.161 e. The fourth-order valence-electron chi connectivity index (χ4n) is 5.60. The Bertz CT molecular complexity index is 1110. The molecule has 0 aliphatic heterocycles. The first-order chi connectivity index (χ1) is 16.9. The van der Waals surface area contributed by atoms with Gasteiger partial charge in [0.2, 0.25) is 0 Å². The molecule has 190 valence electrons. The summed E-state index contributed by atoms with van der Waals surface area (Å²) >= 11 is 0. The molecule has 0 amide bonds. The Labute approximate surface area is 211 Å². The monoisotopic (exact) mass is 477 g/mol. The highest BCUT2D eigenvalue weighted by atomic mass is 16.5. The van der Waals surface area contributed by atoms with E-state index in [-0.39, 0.29) is 0 Å². The summed E-state index contributed by atoms with van der Waals surface area (Å²) in [5.74, 6) is 2.70. The standard InChI is InChI=1S/C30H43N3O2/c1-20(2)29-25-18-22(17-21-7-11-24(12-8-21)31-15-16-33(3)4)9-13-26(25)32-30(29)23-10-14-27(34-5)28(19-23)35-6/h9-10,13-14,18-21,24,31-32H,7-8,11-12,15-17H2,1-6H3. The van der Waals surface area contributed by atoms with Gasteiger partial charge < -0.3 is 24.7 Å². The van der Waals surface area contributed by atoms with Crippen LogP contribution >= 0.6 is 0 Å². The minimum Gasteiger partial charge on any atom is -0.493 e. The van der Waals surface area contributed by atoms with E-state index in [0.29, 0.717) is 12.0 Å². The van der Waals surface area contributed by atoms with Gasteiger partial charge in [-0.25, -0.2) is 0 Å². The molecule has 1 heterocycles. The summed E-state index contributed by atoms with van der Waals surface area (Å²) in [5.41, 5.74) is 6.35. The van der Waals surface area contributed by atoms with Crippen LogP contribution in [0.25, 0.3) is 22.2 Å². The van der Waals surface area contributed by atoms with Crippen molar-refractivity contribution >= 4 is 10.9 Å². The number of aromatic nitrogens is 1. The largest absolute Gasteiger partial charge is 0.493 e. The zero-order valence-corrected chi connectivity index (χ0v) is 22.4. The molecule has 1 fully saturated rings. The third-order valence-electron chi connectivity index (χ3n) is 7.52. The van der Waals surface area contributed by atoms with Gasteiger partial charge in [0.05, 0.1) is 19.9 Å². The third kappa shape index (κ3) is 6.02. The molecule has 1 aromatic heterocycles. The number of hydrogen-bond acceptors (Lipinski definition) is 4. The molecule has 35 heavy (non-hydrogen) atoms. The Balaban J connectivity index is 1.51. The van der Waals surface area contributed by atoms with Crippen molar-refractivity contribution in [1.29, 1.82) is 0 Å². The van der Waals surface area contributed by atoms with Gasteiger partial charge in [0.15, 0.2) is 11.5 Å². The predicted molar refractivity (Wildman–Crippen MR) is 147 cm³/mol. The molecule has 1 saturated carbocycles. The number of nitrogens with one attached hydrogen (secondary N) is 2. The molecule has 0 radical (unpaired) electrons. The van der Waals surface area contributed by atoms with Crippen LogP contribution in [0.2, 0.25) is 0 Å². The maximum absolute atomic E-state index is 5.57. The van der Waals surface area contributed by atoms with E-state index in [1.54, 1.807) is 14.2 Å². The fourth-order valence-corrected chi connectivity index (χ4v) is 5.60. The molecule has 1 aliphatic rings. The van der Waals surface area contributed by atoms with Crippen molar-refractivity contribution in [2.45, 2.75) is 57.9 Å². The number of likely N-dealkylation sites (N-methyl/N-ethyl adjacent to an activating group) is 1. The summed E-state index contributed by atoms with van der Waals surface area (Å²) in [5, 5.41) is 5.10. The normalized spacial score (nSPS) is 18.5. The number of nitrogens with zero attached hydrogens (tertiary/aromatic N) is 1. The molecule has 5 nitrogen and oxygen atoms in total. The minimum atomic E-state index is 0.408. The van der Waals surface area contributed by atoms with Gasteiger partial charge in [0, 0.05) is 35.6 Å². The first kappa shape index (κ1) is 25.6. The van der Waals surface area contributed by atoms with Gasteiger partial charge in [-0.2, -0.15) is 0 Å². The lowest BCUT2D eigenvalue weighted by molar-refractivity contribution is 0.281. The summed E-state index contributed by atoms with van der Waals surface area (Å²) in [6, 6.07) is 13.9. The first-order valence-corrected chi connectivity index (χ1v) is 13.1. The summed E-state index contributed by atoms with van der Waals surface area (Å²) in [4.78, 5) is 5.95. The fraction of sp³-hybridized carbons (Fsp3) is 0.533. The van der Waals surface area contributed by atoms with E-state index in [0.717, 1.165) is 36.1 Å². The summed E-state index contributed by atoms with van der Waals surface area (Å²) in [6.07, 6.45) is 6.41. The molecule has 0 spiro atoms. The molecule has 2 N–H and O–H groups in total. The second-order valence-electron chi connectivity index (χ2n) is 10.7. The highest BCUT2D eigenvalue weighted by Gasteiger charge is 2.22. The highest BCUT2D eigenvalue weighted by Crippen LogP contribution is 2.39. The first-order valence-electron chi connectivity index (χ1n) is 13.1. The molecule has 5 heteroatoms. The number of H-pyrrole nitrogens is 1. The average Bonchev–Trinajstić information content (AvgIpc) is 3.23. The number of ether oxygens (including phenoxy) is 2. The van der Waals surface area contributed by atoms with Crippen molar-refractivity contribution in [2.24, 2.45) is 5.92 Å². The molecule has 0 atom stereocenters. The van der Waals surface area contributed by atoms with Crippen molar-refractivity contribution in [3.8, 4) is 22.8 Å². The molecule has 3 aromatic rings. The second-order valence-corrected chi connectivity index (χ2v) is 10.7. The lowest BCUT2D eigenvalue weighted by Gasteiger charge is -2.29. The molecule has 4 rings (SSSR count). The van der Waals surface area contributed by atoms with E-state index < -0.39 is 0 Å². The Morgan fingerprint density at radius 3 is 2.37 bits per heavy atom. The summed E-state index contributed by atoms with van der Waals surface area (Å²) in [6.45, 7) is 6.77. The van der Waals surface area contributed by atoms with Crippen molar-refractivity contribution in [2.75, 3.05) is 41.4 Å². The van der Waals surface area contributed by atoms with Gasteiger partial charge >= 0.3 is 0 Å². The number of benzene rings is 2. The molecule has 0 bridgehead atoms. The number of methoxy groups -OCH3 is 2. The Morgan fingerprint density at radius 2 is 1.71 bits per heavy atom. The molecular weight excluding hydrogens is 434 g/mol. The molecule has 2 aromatic carbocycles. The van der Waals surface area contributed by atoms with Gasteiger partial charge in [0.25, 0.3) is 0 Å². The Morgan fingerprint density at radius 1 is 0.971 bits per heavy atom. The summed E-state index contributed by atoms with van der Waals surface area (Å²) < 4.78 is 11.0. The van der Waals surface area contributed by atoms with Crippen LogP contribution in [0.4, 0.5) is 0 Å². The van der Waals surface area contributed by atoms with Crippen LogP contribution in [0.5, 0.6) is 11.5 Å². The Hall–Kier alpha value is -2.50. The van der Waals surface area contributed by atoms with E-state index in [1.807, 2.05) is 6.07 Å². The molecule has 0 unspecified atom stereocenters. The SMILES string of the molecule is COc1ccc(-c2[nH]c3ccc(CC4CCC(NCCN(C)C)CC4)cc3c2C(C)C)cc1OC. The Kier molecular flexibility index (Phi) is 8.40. The topological polar surface area (TPSA) is 49.5 Å². The van der Waals surface area contributed by atoms with Gasteiger partial charge in [-0.1, -0.05) is 19.9 Å². The lowest BCUT2D eigenvalue weighted by Crippen LogP contribution is -2.37. The van der Waals surface area contributed by atoms with Crippen molar-refractivity contribution in [1.82, 2.24) is 15.2 Å². The van der Waals surface area contributed by atoms with Crippen LogP contribution in [0.3, 0.4) is 0 Å². The highest BCUT2D eigenvalue weighted by molar-refractivity contribution is 5.92. The van der Waals surface area contributed by atoms with Crippen LogP contribution in [-0.2, 0) is 6.42 Å². The van der Waals surface area contributed by atoms with Gasteiger partial charge in [0.1, 0.15) is 0 Å². The van der Waals surface area contributed by atoms with E-state index in [4.69, 9.17) is 9.47 Å². The molecular formula is C30H43N3O2. The predicted octanol–water partition coefficient (Wildman–Crippen LogP) is 6.23. The van der Waals surface area contributed by atoms with Crippen LogP contribution in [0.1, 0.15) is 56.6 Å². The zero-order valence-electron chi connectivity index (χ0n) is 22.4. The smallest absolute Gasteiger partial charge is 0.161 e. The van der Waals surface area contributed by atoms with Crippen molar-refractivity contribution in [3.63, 3.8) is 0 Å². The second kappa shape index (κ2) is 11.5. The quantitative estimate of drug-likeness (QED) is 0.363. The van der Waals surface area contributed by atoms with Gasteiger partial charge in [-0.05, 0) is 99.5 Å². The van der Waals surface area contributed by atoms with E-state index in [2.05, 4.69) is 73.5 Å². The van der Waals surface area contributed by atoms with Crippen LogP contribution in [-0.4, -0.2) is 57.3 Å². The van der Waals surface area contributed by atoms with Crippen LogP contribution < -0.4 is 14.8 Å². The zero-order chi connectivity index (χ0) is 24.9. The molecule has 1 aliphatic carbocycles. The van der Waals surface area contributed by atoms with Gasteiger partial charge in [-0.3, -0.25) is 0 Å². The van der Waals surface area contributed by atoms with E-state index in [1.165, 1.54) is 59.8 Å². The summed E-state index contributed by atoms with van der Waals surface area (Å²) in [7, 11) is 7.65. The average molecular weight is 478 g/mol. The van der Waals surface area contributed by atoms with Crippen molar-refractivity contribution < 1.29 is 9.47 Å². The van der Waals surface area contributed by atoms with Gasteiger partial charge in [-0.15, -0.1) is 0 Å². The maximum atomic E-state index is 5.57. The van der Waals surface area contributed by atoms with Crippen molar-refractivity contribution in [3.05, 3.63) is 47.5 Å².